The van der Waals surface area contributed by atoms with Crippen molar-refractivity contribution < 1.29 is 33.0 Å². The summed E-state index contributed by atoms with van der Waals surface area (Å²) >= 11 is 0. The third-order valence-electron chi connectivity index (χ3n) is 6.41. The number of aliphatic carboxylic acids is 1. The predicted molar refractivity (Wildman–Crippen MR) is 149 cm³/mol. The van der Waals surface area contributed by atoms with Crippen LogP contribution in [0.25, 0.3) is 11.1 Å². The third kappa shape index (κ3) is 7.54. The summed E-state index contributed by atoms with van der Waals surface area (Å²) in [6.45, 7) is 0.0326. The minimum atomic E-state index is -1.04. The van der Waals surface area contributed by atoms with Gasteiger partial charge in [0.25, 0.3) is 11.8 Å². The highest BCUT2D eigenvalue weighted by Crippen LogP contribution is 2.29. The number of halogens is 2. The summed E-state index contributed by atoms with van der Waals surface area (Å²) in [6, 6.07) is 23.6. The molecule has 41 heavy (non-hydrogen) atoms. The molecule has 2 N–H and O–H groups in total. The van der Waals surface area contributed by atoms with Gasteiger partial charge in [-0.3, -0.25) is 14.4 Å². The number of carbonyl (C=O) groups is 3. The molecule has 210 valence electrons. The maximum Gasteiger partial charge on any atom is 0.305 e. The standard InChI is InChI=1S/C32H28F2N2O5/c1-41-25-12-10-21(11-13-25)20-36(15-14-30(37)38)32(40)29-9-5-3-7-27(29)26-6-2-4-8-28(26)31(39)35-19-22-16-23(33)18-24(34)17-22/h2-13,16-18H,14-15,19-20H2,1H3,(H,35,39)(H,37,38). The lowest BCUT2D eigenvalue weighted by molar-refractivity contribution is -0.137. The highest BCUT2D eigenvalue weighted by molar-refractivity contribution is 6.06. The zero-order valence-corrected chi connectivity index (χ0v) is 22.3. The van der Waals surface area contributed by atoms with Crippen LogP contribution >= 0.6 is 0 Å². The molecular weight excluding hydrogens is 530 g/mol. The van der Waals surface area contributed by atoms with Crippen LogP contribution in [0.3, 0.4) is 0 Å². The minimum absolute atomic E-state index is 0.0269. The molecule has 2 amide bonds. The molecule has 9 heteroatoms. The van der Waals surface area contributed by atoms with Crippen LogP contribution < -0.4 is 10.1 Å². The molecule has 0 unspecified atom stereocenters. The molecular formula is C32H28F2N2O5. The molecule has 4 aromatic rings. The molecule has 0 fully saturated rings. The quantitative estimate of drug-likeness (QED) is 0.247. The summed E-state index contributed by atoms with van der Waals surface area (Å²) in [5.41, 5.74) is 2.56. The number of ether oxygens (including phenoxy) is 1. The second kappa shape index (κ2) is 13.3. The van der Waals surface area contributed by atoms with Gasteiger partial charge >= 0.3 is 5.97 Å². The number of rotatable bonds is 11. The molecule has 4 rings (SSSR count). The van der Waals surface area contributed by atoms with Crippen LogP contribution in [-0.4, -0.2) is 41.4 Å². The van der Waals surface area contributed by atoms with Crippen molar-refractivity contribution in [3.8, 4) is 16.9 Å². The number of hydrogen-bond acceptors (Lipinski definition) is 4. The summed E-state index contributed by atoms with van der Waals surface area (Å²) in [7, 11) is 1.55. The van der Waals surface area contributed by atoms with E-state index in [9.17, 15) is 28.3 Å². The van der Waals surface area contributed by atoms with Crippen molar-refractivity contribution in [2.75, 3.05) is 13.7 Å². The van der Waals surface area contributed by atoms with E-state index >= 15 is 0 Å². The van der Waals surface area contributed by atoms with Gasteiger partial charge in [0.15, 0.2) is 0 Å². The lowest BCUT2D eigenvalue weighted by Gasteiger charge is -2.24. The average Bonchev–Trinajstić information content (AvgIpc) is 2.97. The summed E-state index contributed by atoms with van der Waals surface area (Å²) in [5.74, 6) is -2.77. The summed E-state index contributed by atoms with van der Waals surface area (Å²) in [5, 5.41) is 12.0. The predicted octanol–water partition coefficient (Wildman–Crippen LogP) is 5.69. The van der Waals surface area contributed by atoms with Gasteiger partial charge in [0.2, 0.25) is 0 Å². The largest absolute Gasteiger partial charge is 0.497 e. The second-order valence-electron chi connectivity index (χ2n) is 9.27. The van der Waals surface area contributed by atoms with Gasteiger partial charge in [-0.2, -0.15) is 0 Å². The van der Waals surface area contributed by atoms with E-state index in [1.54, 1.807) is 79.9 Å². The Kier molecular flexibility index (Phi) is 9.42. The Morgan fingerprint density at radius 3 is 2.00 bits per heavy atom. The lowest BCUT2D eigenvalue weighted by Crippen LogP contribution is -2.33. The molecule has 0 aliphatic carbocycles. The van der Waals surface area contributed by atoms with Gasteiger partial charge in [-0.05, 0) is 58.7 Å². The number of benzene rings is 4. The Morgan fingerprint density at radius 1 is 0.805 bits per heavy atom. The van der Waals surface area contributed by atoms with Crippen molar-refractivity contribution in [1.29, 1.82) is 0 Å². The van der Waals surface area contributed by atoms with E-state index in [-0.39, 0.29) is 37.2 Å². The first-order valence-corrected chi connectivity index (χ1v) is 12.8. The zero-order valence-electron chi connectivity index (χ0n) is 22.3. The molecule has 0 heterocycles. The van der Waals surface area contributed by atoms with Crippen molar-refractivity contribution in [3.63, 3.8) is 0 Å². The van der Waals surface area contributed by atoms with Crippen molar-refractivity contribution >= 4 is 17.8 Å². The van der Waals surface area contributed by atoms with Gasteiger partial charge in [0, 0.05) is 36.8 Å². The third-order valence-corrected chi connectivity index (χ3v) is 6.41. The van der Waals surface area contributed by atoms with Gasteiger partial charge < -0.3 is 20.1 Å². The van der Waals surface area contributed by atoms with Crippen molar-refractivity contribution in [3.05, 3.63) is 125 Å². The van der Waals surface area contributed by atoms with E-state index < -0.39 is 29.4 Å². The van der Waals surface area contributed by atoms with E-state index in [1.165, 1.54) is 4.90 Å². The molecule has 0 aromatic heterocycles. The Bertz CT molecular complexity index is 1540. The van der Waals surface area contributed by atoms with Crippen LogP contribution in [0.15, 0.2) is 91.0 Å². The number of nitrogens with zero attached hydrogens (tertiary/aromatic N) is 1. The summed E-state index contributed by atoms with van der Waals surface area (Å²) < 4.78 is 32.4. The van der Waals surface area contributed by atoms with Crippen LogP contribution in [0.2, 0.25) is 0 Å². The monoisotopic (exact) mass is 558 g/mol. The first-order chi connectivity index (χ1) is 19.7. The molecule has 0 bridgehead atoms. The highest BCUT2D eigenvalue weighted by Gasteiger charge is 2.23. The Hall–Kier alpha value is -5.05. The van der Waals surface area contributed by atoms with Crippen LogP contribution in [0.1, 0.15) is 38.3 Å². The molecule has 0 saturated carbocycles. The number of carboxylic acid groups (broad SMARTS) is 1. The number of carboxylic acids is 1. The Morgan fingerprint density at radius 2 is 1.39 bits per heavy atom. The maximum absolute atomic E-state index is 13.9. The molecule has 0 aliphatic rings. The fourth-order valence-electron chi connectivity index (χ4n) is 4.42. The molecule has 0 radical (unpaired) electrons. The van der Waals surface area contributed by atoms with Crippen LogP contribution in [0, 0.1) is 11.6 Å². The molecule has 0 aliphatic heterocycles. The van der Waals surface area contributed by atoms with Gasteiger partial charge in [0.05, 0.1) is 13.5 Å². The first-order valence-electron chi connectivity index (χ1n) is 12.8. The fourth-order valence-corrected chi connectivity index (χ4v) is 4.42. The molecule has 7 nitrogen and oxygen atoms in total. The second-order valence-corrected chi connectivity index (χ2v) is 9.27. The van der Waals surface area contributed by atoms with Crippen molar-refractivity contribution in [2.24, 2.45) is 0 Å². The van der Waals surface area contributed by atoms with Crippen molar-refractivity contribution in [1.82, 2.24) is 10.2 Å². The number of methoxy groups -OCH3 is 1. The molecule has 0 atom stereocenters. The van der Waals surface area contributed by atoms with E-state index in [0.717, 1.165) is 23.8 Å². The maximum atomic E-state index is 13.9. The first kappa shape index (κ1) is 28.9. The number of amides is 2. The van der Waals surface area contributed by atoms with Gasteiger partial charge in [-0.1, -0.05) is 48.5 Å². The van der Waals surface area contributed by atoms with Crippen molar-refractivity contribution in [2.45, 2.75) is 19.5 Å². The van der Waals surface area contributed by atoms with Crippen LogP contribution in [0.4, 0.5) is 8.78 Å². The zero-order chi connectivity index (χ0) is 29.4. The minimum Gasteiger partial charge on any atom is -0.497 e. The highest BCUT2D eigenvalue weighted by atomic mass is 19.1. The molecule has 0 saturated heterocycles. The fraction of sp³-hybridized carbons (Fsp3) is 0.156. The molecule has 4 aromatic carbocycles. The Balaban J connectivity index is 1.63. The lowest BCUT2D eigenvalue weighted by atomic mass is 9.94. The number of hydrogen-bond donors (Lipinski definition) is 2. The van der Waals surface area contributed by atoms with E-state index in [4.69, 9.17) is 4.74 Å². The number of carbonyl (C=O) groups excluding carboxylic acids is 2. The average molecular weight is 559 g/mol. The van der Waals surface area contributed by atoms with Crippen LogP contribution in [0.5, 0.6) is 5.75 Å². The van der Waals surface area contributed by atoms with Crippen LogP contribution in [-0.2, 0) is 17.9 Å². The van der Waals surface area contributed by atoms with E-state index in [1.807, 2.05) is 0 Å². The van der Waals surface area contributed by atoms with E-state index in [0.29, 0.717) is 22.4 Å². The number of nitrogens with one attached hydrogen (secondary N) is 1. The normalized spacial score (nSPS) is 10.6. The van der Waals surface area contributed by atoms with Gasteiger partial charge in [-0.15, -0.1) is 0 Å². The SMILES string of the molecule is COc1ccc(CN(CCC(=O)O)C(=O)c2ccccc2-c2ccccc2C(=O)NCc2cc(F)cc(F)c2)cc1. The topological polar surface area (TPSA) is 95.9 Å². The summed E-state index contributed by atoms with van der Waals surface area (Å²) in [4.78, 5) is 39.9. The van der Waals surface area contributed by atoms with Gasteiger partial charge in [0.1, 0.15) is 17.4 Å². The summed E-state index contributed by atoms with van der Waals surface area (Å²) in [6.07, 6.45) is -0.246. The van der Waals surface area contributed by atoms with E-state index in [2.05, 4.69) is 5.32 Å². The van der Waals surface area contributed by atoms with Gasteiger partial charge in [-0.25, -0.2) is 8.78 Å². The molecule has 0 spiro atoms. The smallest absolute Gasteiger partial charge is 0.305 e. The Labute approximate surface area is 236 Å².